The van der Waals surface area contributed by atoms with Gasteiger partial charge in [0.05, 0.1) is 17.9 Å². The number of ether oxygens (including phenoxy) is 1. The zero-order valence-electron chi connectivity index (χ0n) is 7.86. The van der Waals surface area contributed by atoms with E-state index < -0.39 is 0 Å². The standard InChI is InChI=1S/C9H15NO2S/c1-7-10(3-5-13-7)9(11)8-2-4-12-6-8/h7-8H,2-6H2,1H3. The summed E-state index contributed by atoms with van der Waals surface area (Å²) in [6, 6.07) is 0. The Morgan fingerprint density at radius 3 is 3.00 bits per heavy atom. The Hall–Kier alpha value is -0.220. The first-order chi connectivity index (χ1) is 6.29. The van der Waals surface area contributed by atoms with Gasteiger partial charge in [-0.1, -0.05) is 0 Å². The van der Waals surface area contributed by atoms with Crippen LogP contribution in [0, 0.1) is 5.92 Å². The normalized spacial score (nSPS) is 34.1. The first kappa shape index (κ1) is 9.34. The van der Waals surface area contributed by atoms with Crippen LogP contribution >= 0.6 is 11.8 Å². The van der Waals surface area contributed by atoms with Gasteiger partial charge in [0.25, 0.3) is 0 Å². The molecule has 0 saturated carbocycles. The number of carbonyl (C=O) groups excluding carboxylic acids is 1. The number of hydrogen-bond donors (Lipinski definition) is 0. The highest BCUT2D eigenvalue weighted by Crippen LogP contribution is 2.26. The van der Waals surface area contributed by atoms with Crippen LogP contribution in [-0.4, -0.2) is 41.7 Å². The van der Waals surface area contributed by atoms with Crippen molar-refractivity contribution in [2.45, 2.75) is 18.7 Å². The van der Waals surface area contributed by atoms with Crippen LogP contribution < -0.4 is 0 Å². The van der Waals surface area contributed by atoms with E-state index >= 15 is 0 Å². The quantitative estimate of drug-likeness (QED) is 0.632. The molecule has 2 fully saturated rings. The number of hydrogen-bond acceptors (Lipinski definition) is 3. The van der Waals surface area contributed by atoms with Gasteiger partial charge >= 0.3 is 0 Å². The van der Waals surface area contributed by atoms with Crippen molar-refractivity contribution in [2.24, 2.45) is 5.92 Å². The fourth-order valence-electron chi connectivity index (χ4n) is 1.85. The van der Waals surface area contributed by atoms with Gasteiger partial charge in [0.1, 0.15) is 0 Å². The largest absolute Gasteiger partial charge is 0.381 e. The topological polar surface area (TPSA) is 29.5 Å². The molecule has 2 saturated heterocycles. The van der Waals surface area contributed by atoms with Gasteiger partial charge < -0.3 is 9.64 Å². The van der Waals surface area contributed by atoms with Crippen LogP contribution in [0.5, 0.6) is 0 Å². The van der Waals surface area contributed by atoms with E-state index in [0.29, 0.717) is 17.9 Å². The van der Waals surface area contributed by atoms with Crippen molar-refractivity contribution in [3.63, 3.8) is 0 Å². The predicted octanol–water partition coefficient (Wildman–Crippen LogP) is 0.944. The fraction of sp³-hybridized carbons (Fsp3) is 0.889. The van der Waals surface area contributed by atoms with Crippen molar-refractivity contribution in [1.82, 2.24) is 4.90 Å². The summed E-state index contributed by atoms with van der Waals surface area (Å²) in [5.41, 5.74) is 0. The van der Waals surface area contributed by atoms with E-state index in [4.69, 9.17) is 4.74 Å². The molecule has 0 spiro atoms. The van der Waals surface area contributed by atoms with Gasteiger partial charge in [0.2, 0.25) is 5.91 Å². The van der Waals surface area contributed by atoms with Crippen molar-refractivity contribution < 1.29 is 9.53 Å². The van der Waals surface area contributed by atoms with Crippen molar-refractivity contribution in [3.8, 4) is 0 Å². The highest BCUT2D eigenvalue weighted by atomic mass is 32.2. The Labute approximate surface area is 82.8 Å². The number of rotatable bonds is 1. The van der Waals surface area contributed by atoms with Gasteiger partial charge in [-0.15, -0.1) is 11.8 Å². The molecule has 0 aromatic heterocycles. The number of carbonyl (C=O) groups is 1. The third-order valence-electron chi connectivity index (χ3n) is 2.69. The van der Waals surface area contributed by atoms with E-state index in [0.717, 1.165) is 25.3 Å². The SMILES string of the molecule is CC1SCCN1C(=O)C1CCOC1. The summed E-state index contributed by atoms with van der Waals surface area (Å²) in [5.74, 6) is 1.52. The summed E-state index contributed by atoms with van der Waals surface area (Å²) in [6.07, 6.45) is 0.909. The minimum absolute atomic E-state index is 0.140. The number of amides is 1. The summed E-state index contributed by atoms with van der Waals surface area (Å²) >= 11 is 1.86. The number of thioether (sulfide) groups is 1. The summed E-state index contributed by atoms with van der Waals surface area (Å²) < 4.78 is 5.22. The lowest BCUT2D eigenvalue weighted by Gasteiger charge is -2.23. The van der Waals surface area contributed by atoms with Gasteiger partial charge in [0.15, 0.2) is 0 Å². The molecular formula is C9H15NO2S. The molecule has 0 aromatic rings. The lowest BCUT2D eigenvalue weighted by Crippen LogP contribution is -2.38. The first-order valence-electron chi connectivity index (χ1n) is 4.79. The predicted molar refractivity (Wildman–Crippen MR) is 52.6 cm³/mol. The molecule has 0 aromatic carbocycles. The lowest BCUT2D eigenvalue weighted by molar-refractivity contribution is -0.135. The molecule has 3 nitrogen and oxygen atoms in total. The van der Waals surface area contributed by atoms with Crippen molar-refractivity contribution >= 4 is 17.7 Å². The zero-order chi connectivity index (χ0) is 9.26. The van der Waals surface area contributed by atoms with Crippen LogP contribution in [0.2, 0.25) is 0 Å². The second kappa shape index (κ2) is 3.88. The maximum Gasteiger partial charge on any atom is 0.229 e. The van der Waals surface area contributed by atoms with Crippen molar-refractivity contribution in [2.75, 3.05) is 25.5 Å². The fourth-order valence-corrected chi connectivity index (χ4v) is 2.88. The molecular weight excluding hydrogens is 186 g/mol. The Bertz CT molecular complexity index is 204. The van der Waals surface area contributed by atoms with E-state index in [1.54, 1.807) is 0 Å². The zero-order valence-corrected chi connectivity index (χ0v) is 8.68. The van der Waals surface area contributed by atoms with E-state index in [1.807, 2.05) is 16.7 Å². The highest BCUT2D eigenvalue weighted by molar-refractivity contribution is 8.00. The first-order valence-corrected chi connectivity index (χ1v) is 5.84. The number of nitrogens with zero attached hydrogens (tertiary/aromatic N) is 1. The Kier molecular flexibility index (Phi) is 2.79. The van der Waals surface area contributed by atoms with Gasteiger partial charge in [-0.25, -0.2) is 0 Å². The maximum atomic E-state index is 11.9. The van der Waals surface area contributed by atoms with Crippen LogP contribution in [0.1, 0.15) is 13.3 Å². The maximum absolute atomic E-state index is 11.9. The van der Waals surface area contributed by atoms with Gasteiger partial charge in [0, 0.05) is 18.9 Å². The molecule has 2 atom stereocenters. The minimum Gasteiger partial charge on any atom is -0.381 e. The molecule has 1 amide bonds. The molecule has 0 N–H and O–H groups in total. The molecule has 2 heterocycles. The monoisotopic (exact) mass is 201 g/mol. The van der Waals surface area contributed by atoms with Crippen LogP contribution in [0.25, 0.3) is 0 Å². The van der Waals surface area contributed by atoms with Crippen molar-refractivity contribution in [1.29, 1.82) is 0 Å². The van der Waals surface area contributed by atoms with E-state index in [9.17, 15) is 4.79 Å². The molecule has 0 radical (unpaired) electrons. The lowest BCUT2D eigenvalue weighted by atomic mass is 10.1. The van der Waals surface area contributed by atoms with E-state index in [2.05, 4.69) is 6.92 Å². The summed E-state index contributed by atoms with van der Waals surface area (Å²) in [6.45, 7) is 4.41. The van der Waals surface area contributed by atoms with Gasteiger partial charge in [-0.3, -0.25) is 4.79 Å². The molecule has 4 heteroatoms. The second-order valence-corrected chi connectivity index (χ2v) is 4.99. The minimum atomic E-state index is 0.140. The average Bonchev–Trinajstić information content (AvgIpc) is 2.72. The van der Waals surface area contributed by atoms with Crippen LogP contribution in [0.4, 0.5) is 0 Å². The van der Waals surface area contributed by atoms with Crippen LogP contribution in [0.3, 0.4) is 0 Å². The molecule has 0 bridgehead atoms. The Balaban J connectivity index is 1.95. The summed E-state index contributed by atoms with van der Waals surface area (Å²) in [7, 11) is 0. The smallest absolute Gasteiger partial charge is 0.229 e. The molecule has 2 unspecified atom stereocenters. The molecule has 2 aliphatic rings. The molecule has 0 aliphatic carbocycles. The van der Waals surface area contributed by atoms with Crippen LogP contribution in [0.15, 0.2) is 0 Å². The highest BCUT2D eigenvalue weighted by Gasteiger charge is 2.32. The third kappa shape index (κ3) is 1.83. The Morgan fingerprint density at radius 1 is 1.62 bits per heavy atom. The average molecular weight is 201 g/mol. The second-order valence-electron chi connectivity index (χ2n) is 3.56. The molecule has 2 rings (SSSR count). The molecule has 13 heavy (non-hydrogen) atoms. The van der Waals surface area contributed by atoms with Gasteiger partial charge in [-0.05, 0) is 13.3 Å². The molecule has 74 valence electrons. The summed E-state index contributed by atoms with van der Waals surface area (Å²) in [4.78, 5) is 13.9. The van der Waals surface area contributed by atoms with Gasteiger partial charge in [-0.2, -0.15) is 0 Å². The third-order valence-corrected chi connectivity index (χ3v) is 3.85. The van der Waals surface area contributed by atoms with E-state index in [-0.39, 0.29) is 5.92 Å². The molecule has 2 aliphatic heterocycles. The Morgan fingerprint density at radius 2 is 2.46 bits per heavy atom. The summed E-state index contributed by atoms with van der Waals surface area (Å²) in [5, 5.41) is 0.369. The van der Waals surface area contributed by atoms with E-state index in [1.165, 1.54) is 0 Å². The van der Waals surface area contributed by atoms with Crippen molar-refractivity contribution in [3.05, 3.63) is 0 Å². The van der Waals surface area contributed by atoms with Crippen LogP contribution in [-0.2, 0) is 9.53 Å².